The van der Waals surface area contributed by atoms with E-state index in [1.54, 1.807) is 18.0 Å². The van der Waals surface area contributed by atoms with Crippen LogP contribution in [0, 0.1) is 13.8 Å². The summed E-state index contributed by atoms with van der Waals surface area (Å²) in [7, 11) is 1.80. The molecule has 0 aliphatic carbocycles. The molecule has 0 aliphatic heterocycles. The predicted octanol–water partition coefficient (Wildman–Crippen LogP) is 3.28. The quantitative estimate of drug-likeness (QED) is 0.746. The van der Waals surface area contributed by atoms with Crippen LogP contribution < -0.4 is 4.74 Å². The fourth-order valence-corrected chi connectivity index (χ4v) is 2.86. The average molecular weight is 345 g/mol. The first kappa shape index (κ1) is 19.0. The highest BCUT2D eigenvalue weighted by atomic mass is 16.5. The molecule has 0 bridgehead atoms. The van der Waals surface area contributed by atoms with Crippen molar-refractivity contribution < 1.29 is 14.3 Å². The van der Waals surface area contributed by atoms with Gasteiger partial charge in [0.1, 0.15) is 12.4 Å². The largest absolute Gasteiger partial charge is 0.490 e. The van der Waals surface area contributed by atoms with E-state index in [-0.39, 0.29) is 11.9 Å². The number of carbonyl (C=O) groups excluding carboxylic acids is 1. The average Bonchev–Trinajstić information content (AvgIpc) is 2.95. The third-order valence-corrected chi connectivity index (χ3v) is 4.31. The van der Waals surface area contributed by atoms with Crippen LogP contribution in [0.15, 0.2) is 24.3 Å². The van der Waals surface area contributed by atoms with Crippen molar-refractivity contribution in [2.45, 2.75) is 33.7 Å². The van der Waals surface area contributed by atoms with Crippen molar-refractivity contribution in [1.29, 1.82) is 0 Å². The molecular weight excluding hydrogens is 318 g/mol. The Bertz CT molecular complexity index is 692. The number of rotatable bonds is 8. The third-order valence-electron chi connectivity index (χ3n) is 4.31. The van der Waals surface area contributed by atoms with E-state index in [1.807, 2.05) is 45.9 Å². The number of aryl methyl sites for hydroxylation is 2. The molecule has 1 atom stereocenters. The lowest BCUT2D eigenvalue weighted by molar-refractivity contribution is 0.0732. The molecule has 0 spiro atoms. The molecule has 0 unspecified atom stereocenters. The van der Waals surface area contributed by atoms with E-state index in [0.29, 0.717) is 31.1 Å². The van der Waals surface area contributed by atoms with Crippen LogP contribution in [0.3, 0.4) is 0 Å². The fraction of sp³-hybridized carbons (Fsp3) is 0.474. The topological polar surface area (TPSA) is 67.5 Å². The number of ether oxygens (including phenoxy) is 2. The van der Waals surface area contributed by atoms with Gasteiger partial charge in [-0.15, -0.1) is 0 Å². The first-order valence-electron chi connectivity index (χ1n) is 8.55. The van der Waals surface area contributed by atoms with Crippen LogP contribution in [0.2, 0.25) is 0 Å². The van der Waals surface area contributed by atoms with Gasteiger partial charge in [-0.1, -0.05) is 12.1 Å². The van der Waals surface area contributed by atoms with E-state index in [4.69, 9.17) is 9.47 Å². The van der Waals surface area contributed by atoms with Gasteiger partial charge in [-0.05, 0) is 39.8 Å². The lowest BCUT2D eigenvalue weighted by Crippen LogP contribution is -2.30. The summed E-state index contributed by atoms with van der Waals surface area (Å²) in [6, 6.07) is 7.21. The molecule has 1 aromatic carbocycles. The van der Waals surface area contributed by atoms with Gasteiger partial charge in [0.2, 0.25) is 0 Å². The molecule has 1 N–H and O–H groups in total. The number of aromatic amines is 1. The molecule has 0 aliphatic rings. The van der Waals surface area contributed by atoms with E-state index >= 15 is 0 Å². The number of amides is 1. The Hall–Kier alpha value is -2.34. The first-order valence-corrected chi connectivity index (χ1v) is 8.55. The molecule has 1 heterocycles. The van der Waals surface area contributed by atoms with Gasteiger partial charge in [-0.25, -0.2) is 0 Å². The van der Waals surface area contributed by atoms with Crippen molar-refractivity contribution in [3.8, 4) is 5.75 Å². The number of carbonyl (C=O) groups is 1. The second-order valence-electron chi connectivity index (χ2n) is 5.98. The minimum Gasteiger partial charge on any atom is -0.490 e. The smallest absolute Gasteiger partial charge is 0.257 e. The summed E-state index contributed by atoms with van der Waals surface area (Å²) in [6.45, 7) is 9.41. The molecule has 6 heteroatoms. The Morgan fingerprint density at radius 3 is 2.64 bits per heavy atom. The highest BCUT2D eigenvalue weighted by Crippen LogP contribution is 2.27. The monoisotopic (exact) mass is 345 g/mol. The van der Waals surface area contributed by atoms with Crippen LogP contribution >= 0.6 is 0 Å². The van der Waals surface area contributed by atoms with Crippen LogP contribution in [0.25, 0.3) is 0 Å². The number of benzene rings is 1. The molecule has 0 fully saturated rings. The molecule has 6 nitrogen and oxygen atoms in total. The van der Waals surface area contributed by atoms with Crippen LogP contribution in [0.4, 0.5) is 0 Å². The molecule has 25 heavy (non-hydrogen) atoms. The van der Waals surface area contributed by atoms with E-state index in [2.05, 4.69) is 10.2 Å². The van der Waals surface area contributed by atoms with E-state index in [1.165, 1.54) is 0 Å². The maximum atomic E-state index is 13.0. The number of hydrogen-bond donors (Lipinski definition) is 1. The molecule has 0 saturated heterocycles. The Balaban J connectivity index is 2.16. The highest BCUT2D eigenvalue weighted by molar-refractivity contribution is 5.97. The lowest BCUT2D eigenvalue weighted by atomic mass is 10.0. The van der Waals surface area contributed by atoms with Gasteiger partial charge in [0, 0.05) is 24.9 Å². The standard InChI is InChI=1S/C19H27N3O3/c1-6-24-11-12-25-17-10-8-7-9-16(17)19(23)22(5)15(4)18-13(2)20-21-14(18)3/h7-10,15H,6,11-12H2,1-5H3,(H,20,21)/t15-/m1/s1. The number of nitrogens with one attached hydrogen (secondary N) is 1. The Kier molecular flexibility index (Phi) is 6.58. The molecule has 0 saturated carbocycles. The normalized spacial score (nSPS) is 12.0. The van der Waals surface area contributed by atoms with Gasteiger partial charge in [-0.3, -0.25) is 9.89 Å². The van der Waals surface area contributed by atoms with Gasteiger partial charge < -0.3 is 14.4 Å². The van der Waals surface area contributed by atoms with Crippen LogP contribution in [-0.4, -0.2) is 47.9 Å². The second kappa shape index (κ2) is 8.67. The molecule has 2 rings (SSSR count). The van der Waals surface area contributed by atoms with Crippen LogP contribution in [-0.2, 0) is 4.74 Å². The summed E-state index contributed by atoms with van der Waals surface area (Å²) in [4.78, 5) is 14.7. The Labute approximate surface area is 149 Å². The number of hydrogen-bond acceptors (Lipinski definition) is 4. The zero-order valence-corrected chi connectivity index (χ0v) is 15.6. The van der Waals surface area contributed by atoms with Gasteiger partial charge in [0.15, 0.2) is 0 Å². The van der Waals surface area contributed by atoms with Gasteiger partial charge >= 0.3 is 0 Å². The van der Waals surface area contributed by atoms with Gasteiger partial charge in [-0.2, -0.15) is 5.10 Å². The molecule has 1 amide bonds. The Morgan fingerprint density at radius 1 is 1.28 bits per heavy atom. The zero-order chi connectivity index (χ0) is 18.4. The van der Waals surface area contributed by atoms with Crippen molar-refractivity contribution >= 4 is 5.91 Å². The van der Waals surface area contributed by atoms with Gasteiger partial charge in [0.05, 0.1) is 23.9 Å². The minimum atomic E-state index is -0.0947. The van der Waals surface area contributed by atoms with Crippen molar-refractivity contribution in [3.05, 3.63) is 46.8 Å². The summed E-state index contributed by atoms with van der Waals surface area (Å²) >= 11 is 0. The predicted molar refractivity (Wildman–Crippen MR) is 97.0 cm³/mol. The SMILES string of the molecule is CCOCCOc1ccccc1C(=O)N(C)[C@H](C)c1c(C)n[nH]c1C. The first-order chi connectivity index (χ1) is 12.0. The Morgan fingerprint density at radius 2 is 2.00 bits per heavy atom. The van der Waals surface area contributed by atoms with Crippen molar-refractivity contribution in [1.82, 2.24) is 15.1 Å². The molecule has 1 aromatic heterocycles. The number of H-pyrrole nitrogens is 1. The van der Waals surface area contributed by atoms with Crippen molar-refractivity contribution in [3.63, 3.8) is 0 Å². The lowest BCUT2D eigenvalue weighted by Gasteiger charge is -2.26. The highest BCUT2D eigenvalue weighted by Gasteiger charge is 2.25. The molecule has 0 radical (unpaired) electrons. The maximum absolute atomic E-state index is 13.0. The summed E-state index contributed by atoms with van der Waals surface area (Å²) in [6.07, 6.45) is 0. The second-order valence-corrected chi connectivity index (χ2v) is 5.98. The summed E-state index contributed by atoms with van der Waals surface area (Å²) in [5.74, 6) is 0.492. The van der Waals surface area contributed by atoms with Gasteiger partial charge in [0.25, 0.3) is 5.91 Å². The van der Waals surface area contributed by atoms with E-state index < -0.39 is 0 Å². The van der Waals surface area contributed by atoms with E-state index in [0.717, 1.165) is 17.0 Å². The summed E-state index contributed by atoms with van der Waals surface area (Å²) < 4.78 is 11.0. The van der Waals surface area contributed by atoms with Crippen molar-refractivity contribution in [2.24, 2.45) is 0 Å². The van der Waals surface area contributed by atoms with E-state index in [9.17, 15) is 4.79 Å². The number of nitrogens with zero attached hydrogens (tertiary/aromatic N) is 2. The molecular formula is C19H27N3O3. The fourth-order valence-electron chi connectivity index (χ4n) is 2.86. The number of para-hydroxylation sites is 1. The van der Waals surface area contributed by atoms with Crippen LogP contribution in [0.5, 0.6) is 5.75 Å². The zero-order valence-electron chi connectivity index (χ0n) is 15.6. The minimum absolute atomic E-state index is 0.0838. The third kappa shape index (κ3) is 4.39. The molecule has 136 valence electrons. The summed E-state index contributed by atoms with van der Waals surface area (Å²) in [5.41, 5.74) is 3.48. The molecule has 2 aromatic rings. The number of aromatic nitrogens is 2. The van der Waals surface area contributed by atoms with Crippen molar-refractivity contribution in [2.75, 3.05) is 26.9 Å². The maximum Gasteiger partial charge on any atom is 0.257 e. The summed E-state index contributed by atoms with van der Waals surface area (Å²) in [5, 5.41) is 7.20. The van der Waals surface area contributed by atoms with Crippen LogP contribution in [0.1, 0.15) is 47.2 Å².